The maximum absolute atomic E-state index is 12.0. The van der Waals surface area contributed by atoms with E-state index in [2.05, 4.69) is 0 Å². The summed E-state index contributed by atoms with van der Waals surface area (Å²) in [5, 5.41) is 0. The predicted molar refractivity (Wildman–Crippen MR) is 94.6 cm³/mol. The number of carbonyl (C=O) groups is 2. The zero-order valence-electron chi connectivity index (χ0n) is 16.5. The van der Waals surface area contributed by atoms with Crippen molar-refractivity contribution in [2.75, 3.05) is 13.2 Å². The Kier molecular flexibility index (Phi) is 11.5. The first-order chi connectivity index (χ1) is 11.3. The summed E-state index contributed by atoms with van der Waals surface area (Å²) in [4.78, 5) is 23.4. The summed E-state index contributed by atoms with van der Waals surface area (Å²) in [5.41, 5.74) is -0.271. The third kappa shape index (κ3) is 8.50. The van der Waals surface area contributed by atoms with Crippen LogP contribution in [0, 0.1) is 0 Å². The van der Waals surface area contributed by atoms with E-state index in [1.165, 1.54) is 6.07 Å². The van der Waals surface area contributed by atoms with Gasteiger partial charge in [0.25, 0.3) is 10.1 Å². The molecule has 0 aromatic heterocycles. The van der Waals surface area contributed by atoms with Gasteiger partial charge < -0.3 is 12.3 Å². The van der Waals surface area contributed by atoms with E-state index >= 15 is 0 Å². The molecule has 0 amide bonds. The fraction of sp³-hybridized carbons (Fsp3) is 0.500. The molecule has 0 bridgehead atoms. The van der Waals surface area contributed by atoms with Gasteiger partial charge >= 0.3 is 49.7 Å². The number of rotatable bonds is 9. The molecule has 0 fully saturated rings. The van der Waals surface area contributed by atoms with Gasteiger partial charge in [-0.2, -0.15) is 8.42 Å². The second-order valence-corrected chi connectivity index (χ2v) is 6.62. The van der Waals surface area contributed by atoms with Crippen LogP contribution in [-0.2, 0) is 19.6 Å². The summed E-state index contributed by atoms with van der Waals surface area (Å²) < 4.78 is 41.9. The van der Waals surface area contributed by atoms with Crippen molar-refractivity contribution in [3.8, 4) is 0 Å². The van der Waals surface area contributed by atoms with E-state index in [1.807, 2.05) is 13.8 Å². The quantitative estimate of drug-likeness (QED) is 0.294. The van der Waals surface area contributed by atoms with Gasteiger partial charge in [0.15, 0.2) is 0 Å². The maximum Gasteiger partial charge on any atom is 2.00 e. The van der Waals surface area contributed by atoms with Crippen LogP contribution in [0.15, 0.2) is 23.1 Å². The van der Waals surface area contributed by atoms with Crippen LogP contribution < -0.4 is 0 Å². The molecular weight excluding hydrogens is 376 g/mol. The van der Waals surface area contributed by atoms with E-state index in [4.69, 9.17) is 9.47 Å². The van der Waals surface area contributed by atoms with Crippen LogP contribution in [0.2, 0.25) is 0 Å². The first-order valence-corrected chi connectivity index (χ1v) is 9.20. The number of carbonyl (C=O) groups excluding carboxylic acids is 2. The molecule has 0 heterocycles. The van der Waals surface area contributed by atoms with Gasteiger partial charge in [-0.25, -0.2) is 9.59 Å². The molecule has 7 nitrogen and oxygen atoms in total. The van der Waals surface area contributed by atoms with Crippen molar-refractivity contribution < 1.29 is 34.9 Å². The molecule has 9 heteroatoms. The standard InChI is InChI=1S/C16H22O7S.Ca.2H/c1-3-5-7-22-15(17)12-9-13(16(18)23-8-6-4-2)11-14(10-12)24(19,20)21;;;/h9-11H,3-8H2,1-2H3,(H,19,20,21);;;/q;+2;2*-1. The number of benzene rings is 1. The third-order valence-corrected chi connectivity index (χ3v) is 3.97. The Morgan fingerprint density at radius 3 is 1.68 bits per heavy atom. The van der Waals surface area contributed by atoms with Gasteiger partial charge in [-0.1, -0.05) is 26.7 Å². The SMILES string of the molecule is CCCCOC(=O)c1cc(C(=O)OCCCC)cc(S(=O)(=O)O)c1.[Ca+2].[H-].[H-]. The van der Waals surface area contributed by atoms with Crippen LogP contribution in [0.3, 0.4) is 0 Å². The number of unbranched alkanes of at least 4 members (excludes halogenated alkanes) is 2. The molecule has 1 aromatic rings. The Labute approximate surface area is 180 Å². The molecular formula is C16H24CaO7S. The minimum atomic E-state index is -4.58. The minimum absolute atomic E-state index is 0. The summed E-state index contributed by atoms with van der Waals surface area (Å²) in [7, 11) is -4.58. The van der Waals surface area contributed by atoms with E-state index in [-0.39, 0.29) is 64.9 Å². The molecule has 0 saturated heterocycles. The monoisotopic (exact) mass is 400 g/mol. The topological polar surface area (TPSA) is 107 Å². The first kappa shape index (κ1) is 24.3. The second-order valence-electron chi connectivity index (χ2n) is 5.20. The smallest absolute Gasteiger partial charge is 1.00 e. The van der Waals surface area contributed by atoms with Gasteiger partial charge in [0.05, 0.1) is 29.2 Å². The van der Waals surface area contributed by atoms with E-state index < -0.39 is 27.0 Å². The Morgan fingerprint density at radius 1 is 0.960 bits per heavy atom. The molecule has 25 heavy (non-hydrogen) atoms. The molecule has 0 atom stereocenters. The van der Waals surface area contributed by atoms with E-state index in [0.717, 1.165) is 25.0 Å². The van der Waals surface area contributed by atoms with Crippen LogP contribution in [0.25, 0.3) is 0 Å². The summed E-state index contributed by atoms with van der Waals surface area (Å²) in [6.07, 6.45) is 2.98. The van der Waals surface area contributed by atoms with E-state index in [0.29, 0.717) is 12.8 Å². The average molecular weight is 401 g/mol. The Hall–Kier alpha value is -0.670. The van der Waals surface area contributed by atoms with Crippen molar-refractivity contribution in [3.63, 3.8) is 0 Å². The molecule has 0 aliphatic carbocycles. The van der Waals surface area contributed by atoms with Gasteiger partial charge in [-0.3, -0.25) is 4.55 Å². The van der Waals surface area contributed by atoms with Crippen LogP contribution in [0.4, 0.5) is 0 Å². The van der Waals surface area contributed by atoms with Crippen molar-refractivity contribution >= 4 is 59.8 Å². The molecule has 1 aromatic carbocycles. The van der Waals surface area contributed by atoms with Crippen molar-refractivity contribution in [3.05, 3.63) is 29.3 Å². The fourth-order valence-electron chi connectivity index (χ4n) is 1.77. The largest absolute Gasteiger partial charge is 2.00 e. The zero-order chi connectivity index (χ0) is 18.2. The molecule has 0 spiro atoms. The summed E-state index contributed by atoms with van der Waals surface area (Å²) in [5.74, 6) is -1.53. The van der Waals surface area contributed by atoms with E-state index in [1.54, 1.807) is 0 Å². The van der Waals surface area contributed by atoms with Crippen molar-refractivity contribution in [2.24, 2.45) is 0 Å². The zero-order valence-corrected chi connectivity index (χ0v) is 17.5. The second kappa shape index (κ2) is 11.9. The van der Waals surface area contributed by atoms with Gasteiger partial charge in [-0.15, -0.1) is 0 Å². The van der Waals surface area contributed by atoms with Crippen LogP contribution >= 0.6 is 0 Å². The molecule has 0 unspecified atom stereocenters. The molecule has 0 aliphatic rings. The number of esters is 2. The van der Waals surface area contributed by atoms with Crippen molar-refractivity contribution in [1.29, 1.82) is 0 Å². The Balaban J connectivity index is -0.00000192. The van der Waals surface area contributed by atoms with Gasteiger partial charge in [0, 0.05) is 0 Å². The number of hydrogen-bond donors (Lipinski definition) is 1. The van der Waals surface area contributed by atoms with Gasteiger partial charge in [-0.05, 0) is 31.0 Å². The summed E-state index contributed by atoms with van der Waals surface area (Å²) in [6.45, 7) is 4.22. The first-order valence-electron chi connectivity index (χ1n) is 7.76. The van der Waals surface area contributed by atoms with Gasteiger partial charge in [0.1, 0.15) is 0 Å². The minimum Gasteiger partial charge on any atom is -1.00 e. The number of hydrogen-bond acceptors (Lipinski definition) is 6. The van der Waals surface area contributed by atoms with Crippen LogP contribution in [0.1, 0.15) is 63.1 Å². The number of ether oxygens (including phenoxy) is 2. The summed E-state index contributed by atoms with van der Waals surface area (Å²) >= 11 is 0. The maximum atomic E-state index is 12.0. The third-order valence-electron chi connectivity index (χ3n) is 3.14. The molecule has 0 radical (unpaired) electrons. The van der Waals surface area contributed by atoms with E-state index in [9.17, 15) is 22.6 Å². The van der Waals surface area contributed by atoms with Crippen LogP contribution in [0.5, 0.6) is 0 Å². The molecule has 1 N–H and O–H groups in total. The van der Waals surface area contributed by atoms with Gasteiger partial charge in [0.2, 0.25) is 0 Å². The molecule has 1 rings (SSSR count). The van der Waals surface area contributed by atoms with Crippen LogP contribution in [-0.4, -0.2) is 75.9 Å². The average Bonchev–Trinajstić information content (AvgIpc) is 2.53. The molecule has 0 aliphatic heterocycles. The summed E-state index contributed by atoms with van der Waals surface area (Å²) in [6, 6.07) is 3.12. The fourth-order valence-corrected chi connectivity index (χ4v) is 2.32. The molecule has 138 valence electrons. The Morgan fingerprint density at radius 2 is 1.36 bits per heavy atom. The normalized spacial score (nSPS) is 10.7. The van der Waals surface area contributed by atoms with Crippen molar-refractivity contribution in [2.45, 2.75) is 44.4 Å². The predicted octanol–water partition coefficient (Wildman–Crippen LogP) is 2.69. The Bertz CT molecular complexity index is 656. The van der Waals surface area contributed by atoms with Crippen molar-refractivity contribution in [1.82, 2.24) is 0 Å². The molecule has 0 saturated carbocycles.